The van der Waals surface area contributed by atoms with Crippen molar-refractivity contribution in [2.75, 3.05) is 0 Å². The predicted molar refractivity (Wildman–Crippen MR) is 179 cm³/mol. The molecule has 0 fully saturated rings. The minimum Gasteiger partial charge on any atom is -0.439 e. The van der Waals surface area contributed by atoms with Crippen molar-refractivity contribution in [1.82, 2.24) is 24.1 Å². The van der Waals surface area contributed by atoms with Crippen molar-refractivity contribution in [3.8, 4) is 40.2 Å². The van der Waals surface area contributed by atoms with Gasteiger partial charge in [0.2, 0.25) is 5.88 Å². The maximum atomic E-state index is 6.40. The average Bonchev–Trinajstić information content (AvgIpc) is 3.58. The summed E-state index contributed by atoms with van der Waals surface area (Å²) >= 11 is 0. The molecule has 4 aromatic carbocycles. The fraction of sp³-hybridized carbons (Fsp3) is 0.184. The van der Waals surface area contributed by atoms with Crippen molar-refractivity contribution in [2.24, 2.45) is 7.05 Å². The molecule has 7 aromatic rings. The molecule has 0 N–H and O–H groups in total. The van der Waals surface area contributed by atoms with Gasteiger partial charge in [0.25, 0.3) is 0 Å². The number of para-hydroxylation sites is 3. The molecule has 0 aliphatic heterocycles. The Bertz CT molecular complexity index is 2090. The molecule has 0 radical (unpaired) electrons. The van der Waals surface area contributed by atoms with Crippen LogP contribution >= 0.6 is 0 Å². The van der Waals surface area contributed by atoms with Crippen LogP contribution in [0.3, 0.4) is 0 Å². The zero-order chi connectivity index (χ0) is 30.4. The summed E-state index contributed by atoms with van der Waals surface area (Å²) in [6, 6.07) is 37.1. The van der Waals surface area contributed by atoms with Crippen molar-refractivity contribution in [3.05, 3.63) is 120 Å². The van der Waals surface area contributed by atoms with Gasteiger partial charge in [0.15, 0.2) is 5.82 Å². The Balaban J connectivity index is 1.35. The molecule has 0 bridgehead atoms. The third kappa shape index (κ3) is 4.82. The Labute approximate surface area is 257 Å². The van der Waals surface area contributed by atoms with E-state index in [9.17, 15) is 0 Å². The summed E-state index contributed by atoms with van der Waals surface area (Å²) in [5.41, 5.74) is 9.49. The third-order valence-electron chi connectivity index (χ3n) is 8.20. The number of nitrogens with zero attached hydrogens (tertiary/aromatic N) is 5. The van der Waals surface area contributed by atoms with Crippen molar-refractivity contribution in [1.29, 1.82) is 0 Å². The lowest BCUT2D eigenvalue weighted by Gasteiger charge is -2.20. The summed E-state index contributed by atoms with van der Waals surface area (Å²) in [7, 11) is 2.01. The van der Waals surface area contributed by atoms with Crippen LogP contribution in [0.2, 0.25) is 0 Å². The van der Waals surface area contributed by atoms with E-state index in [1.165, 1.54) is 16.7 Å². The highest BCUT2D eigenvalue weighted by Gasteiger charge is 2.23. The maximum Gasteiger partial charge on any atom is 0.219 e. The summed E-state index contributed by atoms with van der Waals surface area (Å²) in [6.07, 6.45) is 0. The molecule has 0 saturated heterocycles. The molecule has 3 aromatic heterocycles. The van der Waals surface area contributed by atoms with Gasteiger partial charge in [-0.25, -0.2) is 15.0 Å². The molecule has 0 amide bonds. The molecule has 6 heteroatoms. The van der Waals surface area contributed by atoms with Crippen molar-refractivity contribution >= 4 is 22.1 Å². The summed E-state index contributed by atoms with van der Waals surface area (Å²) in [6.45, 7) is 9.00. The minimum atomic E-state index is 0.348. The van der Waals surface area contributed by atoms with Crippen LogP contribution in [0.25, 0.3) is 50.7 Å². The van der Waals surface area contributed by atoms with Gasteiger partial charge in [0.05, 0.1) is 22.1 Å². The lowest BCUT2D eigenvalue weighted by molar-refractivity contribution is 0.464. The SMILES string of the molecule is CC(C)c1cccc(C(C)C)c1-c1nc2ccc(Oc3cccc(-c4nc5ccccc5n4C)n3)cc2n1-c1ccccc1. The number of aromatic nitrogens is 5. The van der Waals surface area contributed by atoms with Crippen LogP contribution in [0.15, 0.2) is 109 Å². The Morgan fingerprint density at radius 1 is 0.591 bits per heavy atom. The van der Waals surface area contributed by atoms with Gasteiger partial charge < -0.3 is 9.30 Å². The van der Waals surface area contributed by atoms with Gasteiger partial charge in [0, 0.05) is 30.4 Å². The van der Waals surface area contributed by atoms with Gasteiger partial charge in [-0.1, -0.05) is 82.3 Å². The van der Waals surface area contributed by atoms with Gasteiger partial charge in [-0.05, 0) is 65.4 Å². The zero-order valence-electron chi connectivity index (χ0n) is 25.7. The lowest BCUT2D eigenvalue weighted by Crippen LogP contribution is -2.05. The Hall–Kier alpha value is -5.23. The zero-order valence-corrected chi connectivity index (χ0v) is 25.7. The van der Waals surface area contributed by atoms with Crippen LogP contribution in [0.5, 0.6) is 11.6 Å². The molecule has 0 saturated carbocycles. The van der Waals surface area contributed by atoms with Crippen LogP contribution in [-0.4, -0.2) is 24.1 Å². The average molecular weight is 578 g/mol. The van der Waals surface area contributed by atoms with E-state index in [1.54, 1.807) is 0 Å². The Kier molecular flexibility index (Phi) is 6.97. The van der Waals surface area contributed by atoms with Gasteiger partial charge in [0.1, 0.15) is 17.3 Å². The summed E-state index contributed by atoms with van der Waals surface area (Å²) in [4.78, 5) is 14.9. The van der Waals surface area contributed by atoms with E-state index < -0.39 is 0 Å². The minimum absolute atomic E-state index is 0.348. The molecular formula is C38H35N5O. The molecule has 0 unspecified atom stereocenters. The highest BCUT2D eigenvalue weighted by atomic mass is 16.5. The summed E-state index contributed by atoms with van der Waals surface area (Å²) in [5, 5.41) is 0. The summed E-state index contributed by atoms with van der Waals surface area (Å²) < 4.78 is 10.7. The van der Waals surface area contributed by atoms with E-state index in [0.717, 1.165) is 45.1 Å². The number of rotatable bonds is 7. The first kappa shape index (κ1) is 27.6. The molecule has 218 valence electrons. The van der Waals surface area contributed by atoms with Gasteiger partial charge >= 0.3 is 0 Å². The van der Waals surface area contributed by atoms with Crippen molar-refractivity contribution in [2.45, 2.75) is 39.5 Å². The largest absolute Gasteiger partial charge is 0.439 e. The molecular weight excluding hydrogens is 542 g/mol. The standard InChI is InChI=1S/C38H35N5O/c1-24(2)28-15-11-16-29(25(3)4)36(28)38-41-31-22-21-27(23-34(31)43(38)26-13-7-6-8-14-26)44-35-20-12-18-32(39-35)37-40-30-17-9-10-19-33(30)42(37)5/h6-25H,1-5H3. The van der Waals surface area contributed by atoms with E-state index in [0.29, 0.717) is 23.5 Å². The number of hydrogen-bond acceptors (Lipinski definition) is 4. The molecule has 7 rings (SSSR count). The van der Waals surface area contributed by atoms with Crippen LogP contribution in [0.4, 0.5) is 0 Å². The maximum absolute atomic E-state index is 6.40. The fourth-order valence-electron chi connectivity index (χ4n) is 6.03. The first-order valence-electron chi connectivity index (χ1n) is 15.2. The van der Waals surface area contributed by atoms with Gasteiger partial charge in [-0.15, -0.1) is 0 Å². The van der Waals surface area contributed by atoms with E-state index in [1.807, 2.05) is 61.6 Å². The smallest absolute Gasteiger partial charge is 0.219 e. The van der Waals surface area contributed by atoms with Crippen LogP contribution in [0, 0.1) is 0 Å². The predicted octanol–water partition coefficient (Wildman–Crippen LogP) is 9.68. The number of aryl methyl sites for hydroxylation is 1. The van der Waals surface area contributed by atoms with Crippen LogP contribution < -0.4 is 4.74 Å². The normalized spacial score (nSPS) is 11.7. The number of fused-ring (bicyclic) bond motifs is 2. The highest BCUT2D eigenvalue weighted by Crippen LogP contribution is 2.39. The molecule has 44 heavy (non-hydrogen) atoms. The fourth-order valence-corrected chi connectivity index (χ4v) is 6.03. The van der Waals surface area contributed by atoms with Crippen LogP contribution in [-0.2, 0) is 7.05 Å². The molecule has 6 nitrogen and oxygen atoms in total. The number of ether oxygens (including phenoxy) is 1. The van der Waals surface area contributed by atoms with E-state index in [-0.39, 0.29) is 0 Å². The molecule has 0 aliphatic carbocycles. The molecule has 3 heterocycles. The Morgan fingerprint density at radius 3 is 1.98 bits per heavy atom. The second-order valence-corrected chi connectivity index (χ2v) is 11.8. The van der Waals surface area contributed by atoms with Gasteiger partial charge in [-0.2, -0.15) is 0 Å². The quantitative estimate of drug-likeness (QED) is 0.189. The highest BCUT2D eigenvalue weighted by molar-refractivity contribution is 5.86. The van der Waals surface area contributed by atoms with Gasteiger partial charge in [-0.3, -0.25) is 4.57 Å². The number of benzene rings is 4. The number of hydrogen-bond donors (Lipinski definition) is 0. The lowest BCUT2D eigenvalue weighted by atomic mass is 9.88. The van der Waals surface area contributed by atoms with Crippen molar-refractivity contribution < 1.29 is 4.74 Å². The van der Waals surface area contributed by atoms with E-state index in [4.69, 9.17) is 19.7 Å². The van der Waals surface area contributed by atoms with Crippen molar-refractivity contribution in [3.63, 3.8) is 0 Å². The first-order valence-corrected chi connectivity index (χ1v) is 15.2. The molecule has 0 spiro atoms. The molecule has 0 atom stereocenters. The first-order chi connectivity index (χ1) is 21.4. The second-order valence-electron chi connectivity index (χ2n) is 11.8. The third-order valence-corrected chi connectivity index (χ3v) is 8.20. The summed E-state index contributed by atoms with van der Waals surface area (Å²) in [5.74, 6) is 3.63. The monoisotopic (exact) mass is 577 g/mol. The topological polar surface area (TPSA) is 57.8 Å². The second kappa shape index (κ2) is 11.1. The number of imidazole rings is 2. The van der Waals surface area contributed by atoms with E-state index in [2.05, 4.69) is 91.4 Å². The van der Waals surface area contributed by atoms with Crippen LogP contribution in [0.1, 0.15) is 50.7 Å². The molecule has 0 aliphatic rings. The Morgan fingerprint density at radius 2 is 1.25 bits per heavy atom. The number of pyridine rings is 1. The van der Waals surface area contributed by atoms with E-state index >= 15 is 0 Å².